The van der Waals surface area contributed by atoms with E-state index in [2.05, 4.69) is 135 Å². The van der Waals surface area contributed by atoms with Gasteiger partial charge in [-0.1, -0.05) is 86.6 Å². The Balaban J connectivity index is 0.000000190. The van der Waals surface area contributed by atoms with Crippen molar-refractivity contribution in [2.45, 2.75) is 62.9 Å². The normalized spacial score (nSPS) is 17.2. The van der Waals surface area contributed by atoms with Crippen LogP contribution in [0.5, 0.6) is 0 Å². The molecular weight excluding hydrogens is 823 g/mol. The van der Waals surface area contributed by atoms with Gasteiger partial charge in [-0.05, 0) is 102 Å². The molecule has 1 aromatic heterocycles. The molecule has 320 valence electrons. The largest absolute Gasteiger partial charge is 0.338 e. The zero-order valence-electron chi connectivity index (χ0n) is 35.5. The minimum atomic E-state index is 0. The fourth-order valence-corrected chi connectivity index (χ4v) is 10.1. The van der Waals surface area contributed by atoms with Crippen LogP contribution in [0, 0.1) is 0 Å². The molecule has 2 fully saturated rings. The van der Waals surface area contributed by atoms with Crippen molar-refractivity contribution < 1.29 is 4.28 Å². The smallest absolute Gasteiger partial charge is 0.225 e. The molecule has 4 aliphatic heterocycles. The predicted molar refractivity (Wildman–Crippen MR) is 256 cm³/mol. The first-order valence-electron chi connectivity index (χ1n) is 20.9. The maximum absolute atomic E-state index is 5.70. The predicted octanol–water partition coefficient (Wildman–Crippen LogP) is 8.84. The van der Waals surface area contributed by atoms with Crippen molar-refractivity contribution in [3.63, 3.8) is 0 Å². The Bertz CT molecular complexity index is 1980. The molecule has 4 aromatic carbocycles. The lowest BCUT2D eigenvalue weighted by molar-refractivity contribution is -0.0755. The quantitative estimate of drug-likeness (QED) is 0.0888. The van der Waals surface area contributed by atoms with Gasteiger partial charge in [0.15, 0.2) is 0 Å². The Labute approximate surface area is 378 Å². The summed E-state index contributed by atoms with van der Waals surface area (Å²) in [5.41, 5.74) is 8.60. The van der Waals surface area contributed by atoms with Crippen LogP contribution in [0.15, 0.2) is 125 Å². The lowest BCUT2D eigenvalue weighted by atomic mass is 10.1. The van der Waals surface area contributed by atoms with Crippen molar-refractivity contribution in [1.29, 1.82) is 0 Å². The summed E-state index contributed by atoms with van der Waals surface area (Å²) in [6, 6.07) is 37.4. The second kappa shape index (κ2) is 23.9. The van der Waals surface area contributed by atoms with Crippen LogP contribution in [-0.2, 0) is 43.6 Å². The van der Waals surface area contributed by atoms with E-state index in [9.17, 15) is 0 Å². The van der Waals surface area contributed by atoms with Crippen molar-refractivity contribution in [2.24, 2.45) is 0 Å². The molecule has 0 amide bonds. The van der Waals surface area contributed by atoms with Crippen LogP contribution >= 0.6 is 49.6 Å². The van der Waals surface area contributed by atoms with Gasteiger partial charge in [0.2, 0.25) is 5.95 Å². The van der Waals surface area contributed by atoms with E-state index in [1.807, 2.05) is 74.6 Å². The van der Waals surface area contributed by atoms with Crippen LogP contribution in [0.25, 0.3) is 0 Å². The van der Waals surface area contributed by atoms with Crippen LogP contribution in [0.2, 0.25) is 0 Å². The Kier molecular flexibility index (Phi) is 18.5. The summed E-state index contributed by atoms with van der Waals surface area (Å²) in [4.78, 5) is 18.7. The molecule has 60 heavy (non-hydrogen) atoms. The van der Waals surface area contributed by atoms with Gasteiger partial charge in [-0.3, -0.25) is 9.80 Å². The first-order chi connectivity index (χ1) is 29.0. The number of benzene rings is 4. The number of piperazine rings is 2. The monoisotopic (exact) mass is 883 g/mol. The van der Waals surface area contributed by atoms with Gasteiger partial charge in [0.05, 0.1) is 0 Å². The van der Waals surface area contributed by atoms with E-state index in [0.29, 0.717) is 0 Å². The third-order valence-corrected chi connectivity index (χ3v) is 13.1. The highest BCUT2D eigenvalue weighted by Crippen LogP contribution is 2.34. The van der Waals surface area contributed by atoms with E-state index in [1.54, 1.807) is 0 Å². The lowest BCUT2D eigenvalue weighted by Gasteiger charge is -2.34. The first kappa shape index (κ1) is 46.4. The highest BCUT2D eigenvalue weighted by atomic mass is 32.2. The van der Waals surface area contributed by atoms with E-state index < -0.39 is 0 Å². The summed E-state index contributed by atoms with van der Waals surface area (Å²) in [6.45, 7) is 18.1. The summed E-state index contributed by atoms with van der Waals surface area (Å²) >= 11 is 5.13. The minimum Gasteiger partial charge on any atom is -0.338 e. The number of hydrogen-bond acceptors (Lipinski definition) is 13. The molecule has 9 rings (SSSR count). The van der Waals surface area contributed by atoms with E-state index in [-0.39, 0.29) is 13.5 Å². The summed E-state index contributed by atoms with van der Waals surface area (Å²) < 4.78 is 12.6. The molecule has 5 heterocycles. The zero-order chi connectivity index (χ0) is 40.8. The number of hydrogen-bond donors (Lipinski definition) is 0. The first-order valence-corrected chi connectivity index (χ1v) is 23.1. The topological polar surface area (TPSA) is 57.7 Å². The summed E-state index contributed by atoms with van der Waals surface area (Å²) in [6.07, 6.45) is 3.63. The maximum atomic E-state index is 5.70. The second-order valence-electron chi connectivity index (χ2n) is 15.1. The maximum Gasteiger partial charge on any atom is 0.225 e. The fourth-order valence-electron chi connectivity index (χ4n) is 7.59. The van der Waals surface area contributed by atoms with E-state index in [4.69, 9.17) is 4.28 Å². The molecule has 0 N–H and O–H groups in total. The molecule has 0 radical (unpaired) electrons. The van der Waals surface area contributed by atoms with Crippen molar-refractivity contribution in [1.82, 2.24) is 37.7 Å². The molecule has 0 saturated carbocycles. The van der Waals surface area contributed by atoms with Gasteiger partial charge in [0, 0.05) is 114 Å². The Morgan fingerprint density at radius 1 is 0.550 bits per heavy atom. The fraction of sp³-hybridized carbons (Fsp3) is 0.391. The number of fused-ring (bicyclic) bond motifs is 2. The molecule has 5 aromatic rings. The van der Waals surface area contributed by atoms with Crippen LogP contribution in [0.4, 0.5) is 5.95 Å². The van der Waals surface area contributed by atoms with Gasteiger partial charge < -0.3 is 4.90 Å². The van der Waals surface area contributed by atoms with E-state index in [1.165, 1.54) is 55.4 Å². The average Bonchev–Trinajstić information content (AvgIpc) is 3.88. The van der Waals surface area contributed by atoms with Gasteiger partial charge in [0.1, 0.15) is 12.2 Å². The van der Waals surface area contributed by atoms with Crippen molar-refractivity contribution >= 4 is 55.6 Å². The highest BCUT2D eigenvalue weighted by molar-refractivity contribution is 7.97. The standard InChI is InChI=1S/C23H25N5S.C21H28N4OS2.C2H6.H2S/c1-2-7-21-18-28(17-20(21)6-1)29-22-8-3-5-19(15-22)16-26-11-13-27(14-12-26)23-24-9-4-10-25-23;1-22(2)28-26-24-12-10-23(11-13-24)15-18-6-5-9-21(14-18)27-25-16-19-7-3-4-8-20(19)17-25;1-2;/h1-10,15H,11-14,16-18H2;3-9,14H,10-13,15-17H2,1-2H3;1-2H3;1H2. The number of nitrogens with zero attached hydrogens (tertiary/aromatic N) is 9. The van der Waals surface area contributed by atoms with Crippen LogP contribution in [-0.4, -0.2) is 104 Å². The van der Waals surface area contributed by atoms with Gasteiger partial charge in [-0.25, -0.2) is 27.2 Å². The van der Waals surface area contributed by atoms with Crippen molar-refractivity contribution in [3.8, 4) is 0 Å². The third kappa shape index (κ3) is 13.7. The molecule has 0 unspecified atom stereocenters. The molecule has 10 nitrogen and oxygen atoms in total. The van der Waals surface area contributed by atoms with Gasteiger partial charge >= 0.3 is 0 Å². The molecule has 0 spiro atoms. The number of aromatic nitrogens is 2. The molecule has 0 atom stereocenters. The molecule has 0 aliphatic carbocycles. The van der Waals surface area contributed by atoms with Crippen LogP contribution in [0.3, 0.4) is 0 Å². The number of anilines is 1. The summed E-state index contributed by atoms with van der Waals surface area (Å²) in [7, 11) is 3.99. The minimum absolute atomic E-state index is 0. The molecular formula is C46H61N9OS4. The van der Waals surface area contributed by atoms with Gasteiger partial charge in [-0.15, -0.1) is 0 Å². The number of rotatable bonds is 12. The Morgan fingerprint density at radius 3 is 1.42 bits per heavy atom. The zero-order valence-corrected chi connectivity index (χ0v) is 39.0. The summed E-state index contributed by atoms with van der Waals surface area (Å²) in [5, 5.41) is 2.05. The molecule has 4 aliphatic rings. The SMILES string of the molecule is CC.CN(C)SON1CCN(Cc2cccc(SN3Cc4ccccc4C3)c2)CC1.S.c1cnc(N2CCN(Cc3cccc(SN4Cc5ccccc5C4)c3)CC2)nc1. The van der Waals surface area contributed by atoms with Gasteiger partial charge in [-0.2, -0.15) is 18.6 Å². The average molecular weight is 884 g/mol. The van der Waals surface area contributed by atoms with Crippen LogP contribution < -0.4 is 4.90 Å². The van der Waals surface area contributed by atoms with Crippen molar-refractivity contribution in [2.75, 3.05) is 71.4 Å². The summed E-state index contributed by atoms with van der Waals surface area (Å²) in [5.74, 6) is 0.845. The van der Waals surface area contributed by atoms with E-state index in [0.717, 1.165) is 97.6 Å². The van der Waals surface area contributed by atoms with Gasteiger partial charge in [0.25, 0.3) is 0 Å². The van der Waals surface area contributed by atoms with E-state index >= 15 is 0 Å². The Morgan fingerprint density at radius 2 is 0.983 bits per heavy atom. The van der Waals surface area contributed by atoms with Crippen molar-refractivity contribution in [3.05, 3.63) is 149 Å². The highest BCUT2D eigenvalue weighted by Gasteiger charge is 2.23. The number of hydroxylamine groups is 2. The lowest BCUT2D eigenvalue weighted by Crippen LogP contribution is -2.46. The third-order valence-electron chi connectivity index (χ3n) is 10.5. The molecule has 0 bridgehead atoms. The Hall–Kier alpha value is -3.12. The molecule has 2 saturated heterocycles. The van der Waals surface area contributed by atoms with Crippen LogP contribution in [0.1, 0.15) is 47.2 Å². The second-order valence-corrected chi connectivity index (χ2v) is 18.5. The molecule has 14 heteroatoms.